The molecule has 14 heavy (non-hydrogen) atoms. The van der Waals surface area contributed by atoms with Gasteiger partial charge in [-0.15, -0.1) is 12.4 Å². The van der Waals surface area contributed by atoms with E-state index < -0.39 is 0 Å². The van der Waals surface area contributed by atoms with Crippen LogP contribution in [0.3, 0.4) is 0 Å². The van der Waals surface area contributed by atoms with Crippen molar-refractivity contribution in [2.24, 2.45) is 5.73 Å². The Hall–Kier alpha value is -0.640. The van der Waals surface area contributed by atoms with Gasteiger partial charge < -0.3 is 15.2 Å². The zero-order chi connectivity index (χ0) is 9.84. The average molecular weight is 238 g/mol. The smallest absolute Gasteiger partial charge is 0.179 e. The van der Waals surface area contributed by atoms with Crippen molar-refractivity contribution in [1.82, 2.24) is 0 Å². The summed E-state index contributed by atoms with van der Waals surface area (Å²) in [5.74, 6) is 1.15. The van der Waals surface area contributed by atoms with Gasteiger partial charge in [-0.05, 0) is 11.6 Å². The van der Waals surface area contributed by atoms with Crippen LogP contribution in [0.1, 0.15) is 5.56 Å². The first kappa shape index (κ1) is 13.4. The molecule has 5 heteroatoms. The van der Waals surface area contributed by atoms with Crippen molar-refractivity contribution in [1.29, 1.82) is 0 Å². The zero-order valence-corrected chi connectivity index (χ0v) is 9.61. The lowest BCUT2D eigenvalue weighted by Crippen LogP contribution is -2.00. The minimum Gasteiger partial charge on any atom is -0.493 e. The van der Waals surface area contributed by atoms with Crippen LogP contribution in [0.4, 0.5) is 0 Å². The van der Waals surface area contributed by atoms with Crippen LogP contribution >= 0.6 is 24.0 Å². The molecule has 1 rings (SSSR count). The lowest BCUT2D eigenvalue weighted by atomic mass is 10.2. The van der Waals surface area contributed by atoms with Crippen molar-refractivity contribution >= 4 is 24.0 Å². The Morgan fingerprint density at radius 3 is 2.36 bits per heavy atom. The fraction of sp³-hybridized carbons (Fsp3) is 0.333. The molecule has 0 spiro atoms. The first-order valence-corrected chi connectivity index (χ1v) is 4.21. The number of halogens is 2. The molecule has 0 unspecified atom stereocenters. The first-order valence-electron chi connectivity index (χ1n) is 3.84. The number of benzene rings is 1. The van der Waals surface area contributed by atoms with Gasteiger partial charge in [0.1, 0.15) is 0 Å². The summed E-state index contributed by atoms with van der Waals surface area (Å²) in [6.45, 7) is 0.388. The molecule has 0 bridgehead atoms. The molecule has 0 saturated carbocycles. The van der Waals surface area contributed by atoms with E-state index in [1.165, 1.54) is 0 Å². The van der Waals surface area contributed by atoms with Crippen molar-refractivity contribution in [2.45, 2.75) is 6.54 Å². The van der Waals surface area contributed by atoms with E-state index in [-0.39, 0.29) is 12.4 Å². The highest BCUT2D eigenvalue weighted by atomic mass is 35.5. The molecule has 3 nitrogen and oxygen atoms in total. The largest absolute Gasteiger partial charge is 0.493 e. The maximum Gasteiger partial charge on any atom is 0.179 e. The summed E-state index contributed by atoms with van der Waals surface area (Å²) in [7, 11) is 3.11. The van der Waals surface area contributed by atoms with Gasteiger partial charge in [0.25, 0.3) is 0 Å². The number of hydrogen-bond acceptors (Lipinski definition) is 3. The summed E-state index contributed by atoms with van der Waals surface area (Å²) in [4.78, 5) is 0. The van der Waals surface area contributed by atoms with Gasteiger partial charge in [0.05, 0.1) is 19.2 Å². The lowest BCUT2D eigenvalue weighted by molar-refractivity contribution is 0.354. The molecule has 0 aromatic heterocycles. The summed E-state index contributed by atoms with van der Waals surface area (Å²) in [5, 5.41) is 0.518. The van der Waals surface area contributed by atoms with E-state index >= 15 is 0 Å². The number of ether oxygens (including phenoxy) is 2. The van der Waals surface area contributed by atoms with E-state index in [2.05, 4.69) is 0 Å². The van der Waals surface area contributed by atoms with Crippen molar-refractivity contribution in [3.8, 4) is 11.5 Å². The lowest BCUT2D eigenvalue weighted by Gasteiger charge is -2.11. The fourth-order valence-electron chi connectivity index (χ4n) is 1.09. The topological polar surface area (TPSA) is 44.5 Å². The highest BCUT2D eigenvalue weighted by Gasteiger charge is 2.11. The van der Waals surface area contributed by atoms with E-state index in [1.54, 1.807) is 20.3 Å². The predicted octanol–water partition coefficient (Wildman–Crippen LogP) is 2.24. The minimum atomic E-state index is 0. The van der Waals surface area contributed by atoms with Crippen molar-refractivity contribution in [3.05, 3.63) is 22.7 Å². The minimum absolute atomic E-state index is 0. The third-order valence-electron chi connectivity index (χ3n) is 1.78. The summed E-state index contributed by atoms with van der Waals surface area (Å²) in [6.07, 6.45) is 0. The Morgan fingerprint density at radius 1 is 1.29 bits per heavy atom. The molecule has 0 aliphatic rings. The SMILES string of the molecule is COc1ccc(CN)c(Cl)c1OC.Cl. The molecule has 0 radical (unpaired) electrons. The zero-order valence-electron chi connectivity index (χ0n) is 8.04. The molecule has 80 valence electrons. The quantitative estimate of drug-likeness (QED) is 0.878. The van der Waals surface area contributed by atoms with Crippen molar-refractivity contribution < 1.29 is 9.47 Å². The van der Waals surface area contributed by atoms with Crippen LogP contribution in [-0.2, 0) is 6.54 Å². The van der Waals surface area contributed by atoms with Crippen molar-refractivity contribution in [3.63, 3.8) is 0 Å². The summed E-state index contributed by atoms with van der Waals surface area (Å²) in [5.41, 5.74) is 6.33. The molecule has 2 N–H and O–H groups in total. The van der Waals surface area contributed by atoms with Gasteiger partial charge in [0.15, 0.2) is 11.5 Å². The van der Waals surface area contributed by atoms with E-state index in [0.717, 1.165) is 5.56 Å². The highest BCUT2D eigenvalue weighted by Crippen LogP contribution is 2.36. The second-order valence-electron chi connectivity index (χ2n) is 2.48. The van der Waals surface area contributed by atoms with Gasteiger partial charge in [0, 0.05) is 6.54 Å². The summed E-state index contributed by atoms with van der Waals surface area (Å²) in [6, 6.07) is 3.61. The Labute approximate surface area is 94.5 Å². The molecule has 0 amide bonds. The maximum atomic E-state index is 6.01. The van der Waals surface area contributed by atoms with Crippen LogP contribution in [0, 0.1) is 0 Å². The number of rotatable bonds is 3. The Bertz CT molecular complexity index is 305. The van der Waals surface area contributed by atoms with Gasteiger partial charge in [0.2, 0.25) is 0 Å². The molecule has 1 aromatic rings. The molecule has 0 heterocycles. The third kappa shape index (κ3) is 2.44. The molecule has 0 aliphatic carbocycles. The molecule has 0 fully saturated rings. The summed E-state index contributed by atoms with van der Waals surface area (Å²) >= 11 is 6.01. The van der Waals surface area contributed by atoms with Gasteiger partial charge in [-0.2, -0.15) is 0 Å². The van der Waals surface area contributed by atoms with E-state index in [4.69, 9.17) is 26.8 Å². The Kier molecular flexibility index (Phi) is 5.69. The second-order valence-corrected chi connectivity index (χ2v) is 2.86. The molecule has 0 atom stereocenters. The number of hydrogen-bond donors (Lipinski definition) is 1. The molecule has 0 saturated heterocycles. The predicted molar refractivity (Wildman–Crippen MR) is 59.7 cm³/mol. The Balaban J connectivity index is 0.00000169. The highest BCUT2D eigenvalue weighted by molar-refractivity contribution is 6.33. The normalized spacial score (nSPS) is 9.14. The Morgan fingerprint density at radius 2 is 1.93 bits per heavy atom. The van der Waals surface area contributed by atoms with Crippen LogP contribution in [0.15, 0.2) is 12.1 Å². The van der Waals surface area contributed by atoms with Crippen molar-refractivity contribution in [2.75, 3.05) is 14.2 Å². The average Bonchev–Trinajstić information content (AvgIpc) is 2.17. The van der Waals surface area contributed by atoms with Crippen LogP contribution in [0.2, 0.25) is 5.02 Å². The maximum absolute atomic E-state index is 6.01. The van der Waals surface area contributed by atoms with Gasteiger partial charge in [-0.25, -0.2) is 0 Å². The van der Waals surface area contributed by atoms with Crippen LogP contribution in [0.25, 0.3) is 0 Å². The van der Waals surface area contributed by atoms with E-state index in [1.807, 2.05) is 6.07 Å². The van der Waals surface area contributed by atoms with E-state index in [9.17, 15) is 0 Å². The van der Waals surface area contributed by atoms with E-state index in [0.29, 0.717) is 23.1 Å². The second kappa shape index (κ2) is 5.96. The van der Waals surface area contributed by atoms with Crippen LogP contribution < -0.4 is 15.2 Å². The third-order valence-corrected chi connectivity index (χ3v) is 2.20. The molecule has 1 aromatic carbocycles. The number of nitrogens with two attached hydrogens (primary N) is 1. The monoisotopic (exact) mass is 237 g/mol. The van der Waals surface area contributed by atoms with Crippen LogP contribution in [-0.4, -0.2) is 14.2 Å². The molecule has 0 aliphatic heterocycles. The number of methoxy groups -OCH3 is 2. The van der Waals surface area contributed by atoms with Gasteiger partial charge in [-0.1, -0.05) is 17.7 Å². The van der Waals surface area contributed by atoms with Gasteiger partial charge >= 0.3 is 0 Å². The standard InChI is InChI=1S/C9H12ClNO2.ClH/c1-12-7-4-3-6(5-11)8(10)9(7)13-2;/h3-4H,5,11H2,1-2H3;1H. The van der Waals surface area contributed by atoms with Gasteiger partial charge in [-0.3, -0.25) is 0 Å². The molecular weight excluding hydrogens is 225 g/mol. The molecular formula is C9H13Cl2NO2. The van der Waals surface area contributed by atoms with Crippen LogP contribution in [0.5, 0.6) is 11.5 Å². The summed E-state index contributed by atoms with van der Waals surface area (Å²) < 4.78 is 10.2. The first-order chi connectivity index (χ1) is 6.24. The fourth-order valence-corrected chi connectivity index (χ4v) is 1.40.